The van der Waals surface area contributed by atoms with E-state index in [0.29, 0.717) is 25.9 Å². The third kappa shape index (κ3) is 4.09. The SMILES string of the molecule is COc1c(Br)cc(C=C(Nc2ccc3ccccc3c2)C(=O)O)c(O)c1Br. The number of fused-ring (bicyclic) bond motifs is 1. The highest BCUT2D eigenvalue weighted by Gasteiger charge is 2.16. The Morgan fingerprint density at radius 2 is 1.81 bits per heavy atom. The number of hydrogen-bond donors (Lipinski definition) is 3. The van der Waals surface area contributed by atoms with Gasteiger partial charge in [-0.15, -0.1) is 0 Å². The second kappa shape index (κ2) is 8.02. The van der Waals surface area contributed by atoms with Crippen LogP contribution in [0, 0.1) is 0 Å². The molecule has 138 valence electrons. The van der Waals surface area contributed by atoms with Crippen molar-refractivity contribution in [2.75, 3.05) is 12.4 Å². The van der Waals surface area contributed by atoms with Crippen LogP contribution in [-0.4, -0.2) is 23.3 Å². The van der Waals surface area contributed by atoms with Gasteiger partial charge in [-0.2, -0.15) is 0 Å². The molecule has 0 amide bonds. The van der Waals surface area contributed by atoms with Crippen LogP contribution in [0.3, 0.4) is 0 Å². The molecule has 0 fully saturated rings. The third-order valence-corrected chi connectivity index (χ3v) is 5.27. The van der Waals surface area contributed by atoms with Gasteiger partial charge in [0.2, 0.25) is 0 Å². The number of halogens is 2. The minimum absolute atomic E-state index is 0.0791. The summed E-state index contributed by atoms with van der Waals surface area (Å²) in [6, 6.07) is 15.0. The van der Waals surface area contributed by atoms with Gasteiger partial charge in [0.25, 0.3) is 0 Å². The lowest BCUT2D eigenvalue weighted by Crippen LogP contribution is -2.10. The molecule has 7 heteroatoms. The largest absolute Gasteiger partial charge is 0.506 e. The van der Waals surface area contributed by atoms with Gasteiger partial charge in [-0.25, -0.2) is 4.79 Å². The molecule has 0 aliphatic rings. The van der Waals surface area contributed by atoms with Gasteiger partial charge in [0, 0.05) is 11.3 Å². The lowest BCUT2D eigenvalue weighted by molar-refractivity contribution is -0.132. The molecular formula is C20H15Br2NO4. The number of hydrogen-bond acceptors (Lipinski definition) is 4. The van der Waals surface area contributed by atoms with Crippen LogP contribution in [0.1, 0.15) is 5.56 Å². The standard InChI is InChI=1S/C20H15Br2NO4/c1-27-19-15(21)9-13(18(24)17(19)22)10-16(20(25)26)23-14-7-6-11-4-2-3-5-12(11)8-14/h2-10,23-24H,1H3,(H,25,26). The number of nitrogens with one attached hydrogen (secondary N) is 1. The van der Waals surface area contributed by atoms with E-state index in [9.17, 15) is 15.0 Å². The van der Waals surface area contributed by atoms with Gasteiger partial charge in [-0.05, 0) is 66.9 Å². The van der Waals surface area contributed by atoms with E-state index in [-0.39, 0.29) is 11.4 Å². The number of phenols is 1. The molecule has 0 atom stereocenters. The first-order chi connectivity index (χ1) is 12.9. The summed E-state index contributed by atoms with van der Waals surface area (Å²) in [5, 5.41) is 24.9. The van der Waals surface area contributed by atoms with Crippen LogP contribution in [0.4, 0.5) is 5.69 Å². The van der Waals surface area contributed by atoms with Crippen LogP contribution in [-0.2, 0) is 4.79 Å². The second-order valence-electron chi connectivity index (χ2n) is 5.69. The molecule has 0 aromatic heterocycles. The number of aliphatic carboxylic acids is 1. The Balaban J connectivity index is 2.01. The molecule has 0 spiro atoms. The van der Waals surface area contributed by atoms with Gasteiger partial charge in [-0.3, -0.25) is 0 Å². The fourth-order valence-corrected chi connectivity index (χ4v) is 4.11. The molecule has 0 radical (unpaired) electrons. The van der Waals surface area contributed by atoms with E-state index in [4.69, 9.17) is 4.74 Å². The average Bonchev–Trinajstić information content (AvgIpc) is 2.65. The van der Waals surface area contributed by atoms with E-state index in [1.54, 1.807) is 12.1 Å². The van der Waals surface area contributed by atoms with Crippen molar-refractivity contribution < 1.29 is 19.7 Å². The smallest absolute Gasteiger partial charge is 0.352 e. The molecule has 0 heterocycles. The summed E-state index contributed by atoms with van der Waals surface area (Å²) < 4.78 is 6.11. The molecule has 5 nitrogen and oxygen atoms in total. The Kier molecular flexibility index (Phi) is 5.72. The summed E-state index contributed by atoms with van der Waals surface area (Å²) in [6.45, 7) is 0. The number of benzene rings is 3. The molecule has 0 saturated carbocycles. The summed E-state index contributed by atoms with van der Waals surface area (Å²) >= 11 is 6.61. The average molecular weight is 493 g/mol. The molecule has 27 heavy (non-hydrogen) atoms. The summed E-state index contributed by atoms with van der Waals surface area (Å²) in [7, 11) is 1.48. The Hall–Kier alpha value is -2.51. The molecule has 3 aromatic carbocycles. The van der Waals surface area contributed by atoms with E-state index in [1.807, 2.05) is 36.4 Å². The highest BCUT2D eigenvalue weighted by molar-refractivity contribution is 9.11. The maximum absolute atomic E-state index is 11.7. The Morgan fingerprint density at radius 1 is 1.11 bits per heavy atom. The maximum atomic E-state index is 11.7. The molecule has 0 unspecified atom stereocenters. The molecule has 0 aliphatic carbocycles. The number of carboxylic acids is 1. The van der Waals surface area contributed by atoms with Gasteiger partial charge in [-0.1, -0.05) is 30.3 Å². The lowest BCUT2D eigenvalue weighted by atomic mass is 10.1. The minimum atomic E-state index is -1.15. The zero-order valence-corrected chi connectivity index (χ0v) is 17.3. The number of methoxy groups -OCH3 is 1. The van der Waals surface area contributed by atoms with Crippen LogP contribution >= 0.6 is 31.9 Å². The van der Waals surface area contributed by atoms with Crippen LogP contribution in [0.5, 0.6) is 11.5 Å². The molecule has 3 N–H and O–H groups in total. The van der Waals surface area contributed by atoms with Crippen molar-refractivity contribution in [2.24, 2.45) is 0 Å². The topological polar surface area (TPSA) is 78.8 Å². The number of rotatable bonds is 5. The molecule has 0 aliphatic heterocycles. The number of anilines is 1. The number of ether oxygens (including phenoxy) is 1. The summed E-state index contributed by atoms with van der Waals surface area (Å²) in [6.07, 6.45) is 1.36. The summed E-state index contributed by atoms with van der Waals surface area (Å²) in [4.78, 5) is 11.7. The monoisotopic (exact) mass is 491 g/mol. The van der Waals surface area contributed by atoms with Crippen molar-refractivity contribution in [1.29, 1.82) is 0 Å². The van der Waals surface area contributed by atoms with E-state index < -0.39 is 5.97 Å². The van der Waals surface area contributed by atoms with Gasteiger partial charge in [0.15, 0.2) is 5.75 Å². The van der Waals surface area contributed by atoms with Gasteiger partial charge >= 0.3 is 5.97 Å². The van der Waals surface area contributed by atoms with Crippen LogP contribution < -0.4 is 10.1 Å². The fourth-order valence-electron chi connectivity index (χ4n) is 2.64. The van der Waals surface area contributed by atoms with Crippen molar-refractivity contribution in [3.63, 3.8) is 0 Å². The van der Waals surface area contributed by atoms with Crippen molar-refractivity contribution >= 4 is 60.4 Å². The predicted molar refractivity (Wildman–Crippen MR) is 113 cm³/mol. The highest BCUT2D eigenvalue weighted by Crippen LogP contribution is 2.42. The quantitative estimate of drug-likeness (QED) is 0.403. The first-order valence-electron chi connectivity index (χ1n) is 7.86. The van der Waals surface area contributed by atoms with Gasteiger partial charge < -0.3 is 20.3 Å². The van der Waals surface area contributed by atoms with E-state index in [2.05, 4.69) is 37.2 Å². The second-order valence-corrected chi connectivity index (χ2v) is 7.34. The van der Waals surface area contributed by atoms with Crippen LogP contribution in [0.15, 0.2) is 63.2 Å². The van der Waals surface area contributed by atoms with Crippen molar-refractivity contribution in [3.8, 4) is 11.5 Å². The van der Waals surface area contributed by atoms with Crippen molar-refractivity contribution in [2.45, 2.75) is 0 Å². The number of carboxylic acid groups (broad SMARTS) is 1. The molecular weight excluding hydrogens is 478 g/mol. The van der Waals surface area contributed by atoms with Gasteiger partial charge in [0.05, 0.1) is 11.6 Å². The normalized spacial score (nSPS) is 11.4. The Morgan fingerprint density at radius 3 is 2.48 bits per heavy atom. The van der Waals surface area contributed by atoms with Gasteiger partial charge in [0.1, 0.15) is 15.9 Å². The Bertz CT molecular complexity index is 1060. The number of carbonyl (C=O) groups is 1. The van der Waals surface area contributed by atoms with Crippen molar-refractivity contribution in [1.82, 2.24) is 0 Å². The van der Waals surface area contributed by atoms with E-state index >= 15 is 0 Å². The first-order valence-corrected chi connectivity index (χ1v) is 9.45. The lowest BCUT2D eigenvalue weighted by Gasteiger charge is -2.12. The van der Waals surface area contributed by atoms with E-state index in [1.165, 1.54) is 13.2 Å². The van der Waals surface area contributed by atoms with E-state index in [0.717, 1.165) is 10.8 Å². The molecule has 3 aromatic rings. The Labute approximate surface area is 172 Å². The minimum Gasteiger partial charge on any atom is -0.506 e. The molecule has 3 rings (SSSR count). The van der Waals surface area contributed by atoms with Crippen molar-refractivity contribution in [3.05, 3.63) is 68.7 Å². The summed E-state index contributed by atoms with van der Waals surface area (Å²) in [5.41, 5.74) is 0.873. The van der Waals surface area contributed by atoms with Crippen LogP contribution in [0.2, 0.25) is 0 Å². The number of phenolic OH excluding ortho intramolecular Hbond substituents is 1. The maximum Gasteiger partial charge on any atom is 0.352 e. The number of aromatic hydroxyl groups is 1. The molecule has 0 bridgehead atoms. The first kappa shape index (κ1) is 19.3. The molecule has 0 saturated heterocycles. The van der Waals surface area contributed by atoms with Crippen LogP contribution in [0.25, 0.3) is 16.8 Å². The highest BCUT2D eigenvalue weighted by atomic mass is 79.9. The zero-order chi connectivity index (χ0) is 19.6. The predicted octanol–water partition coefficient (Wildman–Crippen LogP) is 5.62. The fraction of sp³-hybridized carbons (Fsp3) is 0.0500. The third-order valence-electron chi connectivity index (χ3n) is 3.94. The zero-order valence-electron chi connectivity index (χ0n) is 14.2. The summed E-state index contributed by atoms with van der Waals surface area (Å²) in [5.74, 6) is -0.844.